The summed E-state index contributed by atoms with van der Waals surface area (Å²) >= 11 is 1.58. The fraction of sp³-hybridized carbons (Fsp3) is 0.357. The lowest BCUT2D eigenvalue weighted by Crippen LogP contribution is -2.11. The summed E-state index contributed by atoms with van der Waals surface area (Å²) in [6, 6.07) is 1.42. The summed E-state index contributed by atoms with van der Waals surface area (Å²) < 4.78 is 5.51. The largest absolute Gasteiger partial charge is 0.485 e. The molecular weight excluding hydrogens is 276 g/mol. The van der Waals surface area contributed by atoms with Crippen molar-refractivity contribution in [1.82, 2.24) is 9.97 Å². The van der Waals surface area contributed by atoms with E-state index in [0.717, 1.165) is 10.7 Å². The Balaban J connectivity index is 2.10. The van der Waals surface area contributed by atoms with E-state index in [0.29, 0.717) is 0 Å². The first-order valence-corrected chi connectivity index (χ1v) is 7.01. The first kappa shape index (κ1) is 14.5. The van der Waals surface area contributed by atoms with E-state index in [1.807, 2.05) is 5.38 Å². The molecule has 1 N–H and O–H groups in total. The van der Waals surface area contributed by atoms with Gasteiger partial charge in [-0.3, -0.25) is 4.98 Å². The predicted molar refractivity (Wildman–Crippen MR) is 76.3 cm³/mol. The van der Waals surface area contributed by atoms with Crippen molar-refractivity contribution in [3.8, 4) is 5.75 Å². The molecule has 0 saturated heterocycles. The quantitative estimate of drug-likeness (QED) is 0.937. The SMILES string of the molecule is CC(C)(C)c1nc(COc2cnccc2C(=O)O)cs1. The van der Waals surface area contributed by atoms with E-state index in [-0.39, 0.29) is 23.3 Å². The number of thiazole rings is 1. The summed E-state index contributed by atoms with van der Waals surface area (Å²) in [7, 11) is 0. The van der Waals surface area contributed by atoms with Gasteiger partial charge < -0.3 is 9.84 Å². The van der Waals surface area contributed by atoms with E-state index < -0.39 is 5.97 Å². The summed E-state index contributed by atoms with van der Waals surface area (Å²) in [5.74, 6) is -0.777. The second kappa shape index (κ2) is 5.58. The van der Waals surface area contributed by atoms with Gasteiger partial charge in [-0.05, 0) is 6.07 Å². The highest BCUT2D eigenvalue weighted by atomic mass is 32.1. The molecule has 0 aliphatic rings. The first-order valence-electron chi connectivity index (χ1n) is 6.13. The van der Waals surface area contributed by atoms with Crippen LogP contribution in [0.3, 0.4) is 0 Å². The third-order valence-electron chi connectivity index (χ3n) is 2.58. The average Bonchev–Trinajstić information content (AvgIpc) is 2.85. The van der Waals surface area contributed by atoms with Gasteiger partial charge in [0.1, 0.15) is 12.2 Å². The normalized spacial score (nSPS) is 11.3. The zero-order valence-corrected chi connectivity index (χ0v) is 12.4. The molecule has 20 heavy (non-hydrogen) atoms. The van der Waals surface area contributed by atoms with Crippen LogP contribution in [0.4, 0.5) is 0 Å². The number of carboxylic acids is 1. The highest BCUT2D eigenvalue weighted by Gasteiger charge is 2.18. The van der Waals surface area contributed by atoms with Crippen LogP contribution in [0.25, 0.3) is 0 Å². The van der Waals surface area contributed by atoms with Gasteiger partial charge in [0.25, 0.3) is 0 Å². The Morgan fingerprint density at radius 3 is 2.80 bits per heavy atom. The van der Waals surface area contributed by atoms with Crippen LogP contribution in [0, 0.1) is 0 Å². The lowest BCUT2D eigenvalue weighted by molar-refractivity contribution is 0.0691. The van der Waals surface area contributed by atoms with Gasteiger partial charge in [0.2, 0.25) is 0 Å². The van der Waals surface area contributed by atoms with Gasteiger partial charge in [-0.25, -0.2) is 9.78 Å². The summed E-state index contributed by atoms with van der Waals surface area (Å²) in [5, 5.41) is 12.0. The Kier molecular flexibility index (Phi) is 4.04. The molecule has 0 unspecified atom stereocenters. The van der Waals surface area contributed by atoms with Crippen LogP contribution in [-0.4, -0.2) is 21.0 Å². The molecule has 2 heterocycles. The molecule has 0 bridgehead atoms. The van der Waals surface area contributed by atoms with Crippen LogP contribution in [0.1, 0.15) is 41.8 Å². The third-order valence-corrected chi connectivity index (χ3v) is 3.90. The molecule has 0 saturated carbocycles. The van der Waals surface area contributed by atoms with Gasteiger partial charge in [0.15, 0.2) is 5.75 Å². The molecule has 0 atom stereocenters. The van der Waals surface area contributed by atoms with Crippen LogP contribution in [0.5, 0.6) is 5.75 Å². The zero-order chi connectivity index (χ0) is 14.8. The molecule has 0 fully saturated rings. The van der Waals surface area contributed by atoms with Gasteiger partial charge in [0.05, 0.1) is 16.9 Å². The standard InChI is InChI=1S/C14H16N2O3S/c1-14(2,3)13-16-9(8-20-13)7-19-11-6-15-5-4-10(11)12(17)18/h4-6,8H,7H2,1-3H3,(H,17,18). The van der Waals surface area contributed by atoms with Gasteiger partial charge in [-0.15, -0.1) is 11.3 Å². The number of aromatic nitrogens is 2. The van der Waals surface area contributed by atoms with Crippen LogP contribution in [-0.2, 0) is 12.0 Å². The monoisotopic (exact) mass is 292 g/mol. The van der Waals surface area contributed by atoms with Crippen molar-refractivity contribution in [1.29, 1.82) is 0 Å². The maximum Gasteiger partial charge on any atom is 0.339 e. The Morgan fingerprint density at radius 1 is 1.45 bits per heavy atom. The van der Waals surface area contributed by atoms with Crippen LogP contribution in [0.15, 0.2) is 23.8 Å². The van der Waals surface area contributed by atoms with Crippen molar-refractivity contribution in [3.05, 3.63) is 40.1 Å². The summed E-state index contributed by atoms with van der Waals surface area (Å²) in [5.41, 5.74) is 0.898. The third kappa shape index (κ3) is 3.33. The molecule has 0 aliphatic heterocycles. The smallest absolute Gasteiger partial charge is 0.339 e. The van der Waals surface area contributed by atoms with E-state index in [4.69, 9.17) is 9.84 Å². The number of pyridine rings is 1. The van der Waals surface area contributed by atoms with Gasteiger partial charge in [-0.1, -0.05) is 20.8 Å². The fourth-order valence-corrected chi connectivity index (χ4v) is 2.43. The first-order chi connectivity index (χ1) is 9.38. The highest BCUT2D eigenvalue weighted by Crippen LogP contribution is 2.26. The Hall–Kier alpha value is -1.95. The van der Waals surface area contributed by atoms with E-state index >= 15 is 0 Å². The van der Waals surface area contributed by atoms with Gasteiger partial charge in [0, 0.05) is 17.0 Å². The van der Waals surface area contributed by atoms with Crippen molar-refractivity contribution in [2.24, 2.45) is 0 Å². The lowest BCUT2D eigenvalue weighted by Gasteiger charge is -2.13. The lowest BCUT2D eigenvalue weighted by atomic mass is 9.98. The Morgan fingerprint density at radius 2 is 2.20 bits per heavy atom. The number of rotatable bonds is 4. The average molecular weight is 292 g/mol. The number of nitrogens with zero attached hydrogens (tertiary/aromatic N) is 2. The van der Waals surface area contributed by atoms with E-state index in [1.165, 1.54) is 18.5 Å². The van der Waals surface area contributed by atoms with Crippen LogP contribution in [0.2, 0.25) is 0 Å². The number of hydrogen-bond donors (Lipinski definition) is 1. The van der Waals surface area contributed by atoms with E-state index in [9.17, 15) is 4.79 Å². The molecular formula is C14H16N2O3S. The molecule has 0 aliphatic carbocycles. The Labute approximate surface area is 121 Å². The topological polar surface area (TPSA) is 72.3 Å². The molecule has 0 spiro atoms. The second-order valence-electron chi connectivity index (χ2n) is 5.36. The number of hydrogen-bond acceptors (Lipinski definition) is 5. The van der Waals surface area contributed by atoms with Crippen molar-refractivity contribution >= 4 is 17.3 Å². The van der Waals surface area contributed by atoms with Gasteiger partial charge >= 0.3 is 5.97 Å². The molecule has 0 aromatic carbocycles. The molecule has 106 valence electrons. The summed E-state index contributed by atoms with van der Waals surface area (Å²) in [6.45, 7) is 6.53. The van der Waals surface area contributed by atoms with Crippen molar-refractivity contribution in [2.45, 2.75) is 32.8 Å². The van der Waals surface area contributed by atoms with E-state index in [1.54, 1.807) is 11.3 Å². The van der Waals surface area contributed by atoms with Crippen molar-refractivity contribution in [2.75, 3.05) is 0 Å². The minimum Gasteiger partial charge on any atom is -0.485 e. The number of carboxylic acid groups (broad SMARTS) is 1. The molecule has 2 aromatic rings. The molecule has 0 radical (unpaired) electrons. The minimum atomic E-state index is -1.03. The maximum atomic E-state index is 11.0. The number of ether oxygens (including phenoxy) is 1. The van der Waals surface area contributed by atoms with Crippen LogP contribution >= 0.6 is 11.3 Å². The van der Waals surface area contributed by atoms with E-state index in [2.05, 4.69) is 30.7 Å². The molecule has 0 amide bonds. The minimum absolute atomic E-state index is 0.00342. The molecule has 6 heteroatoms. The summed E-state index contributed by atoms with van der Waals surface area (Å²) in [6.07, 6.45) is 2.83. The molecule has 2 aromatic heterocycles. The van der Waals surface area contributed by atoms with Gasteiger partial charge in [-0.2, -0.15) is 0 Å². The Bertz CT molecular complexity index is 617. The number of carbonyl (C=O) groups is 1. The van der Waals surface area contributed by atoms with Crippen LogP contribution < -0.4 is 4.74 Å². The van der Waals surface area contributed by atoms with Crippen molar-refractivity contribution in [3.63, 3.8) is 0 Å². The van der Waals surface area contributed by atoms with Crippen molar-refractivity contribution < 1.29 is 14.6 Å². The number of aromatic carboxylic acids is 1. The highest BCUT2D eigenvalue weighted by molar-refractivity contribution is 7.09. The second-order valence-corrected chi connectivity index (χ2v) is 6.22. The fourth-order valence-electron chi connectivity index (χ4n) is 1.54. The summed E-state index contributed by atoms with van der Waals surface area (Å²) in [4.78, 5) is 19.4. The molecule has 5 nitrogen and oxygen atoms in total. The molecule has 2 rings (SSSR count). The predicted octanol–water partition coefficient (Wildman–Crippen LogP) is 3.11. The maximum absolute atomic E-state index is 11.0. The zero-order valence-electron chi connectivity index (χ0n) is 11.6.